The van der Waals surface area contributed by atoms with E-state index in [4.69, 9.17) is 19.9 Å². The lowest BCUT2D eigenvalue weighted by molar-refractivity contribution is 1.23. The molecule has 62 heavy (non-hydrogen) atoms. The second kappa shape index (κ2) is 14.7. The van der Waals surface area contributed by atoms with E-state index < -0.39 is 0 Å². The second-order valence-corrected chi connectivity index (χ2v) is 15.8. The van der Waals surface area contributed by atoms with Gasteiger partial charge in [0, 0.05) is 56.4 Å². The van der Waals surface area contributed by atoms with Crippen LogP contribution in [0.1, 0.15) is 0 Å². The van der Waals surface area contributed by atoms with Crippen molar-refractivity contribution < 1.29 is 0 Å². The van der Waals surface area contributed by atoms with Crippen LogP contribution in [-0.4, -0.2) is 19.9 Å². The molecule has 12 aromatic rings. The number of benzene rings is 9. The summed E-state index contributed by atoms with van der Waals surface area (Å²) in [7, 11) is 0. The van der Waals surface area contributed by atoms with Gasteiger partial charge >= 0.3 is 0 Å². The van der Waals surface area contributed by atoms with E-state index in [1.54, 1.807) is 0 Å². The molecule has 0 radical (unpaired) electrons. The summed E-state index contributed by atoms with van der Waals surface area (Å²) in [4.78, 5) is 20.5. The van der Waals surface area contributed by atoms with Crippen molar-refractivity contribution in [2.24, 2.45) is 0 Å². The van der Waals surface area contributed by atoms with Crippen LogP contribution in [0.2, 0.25) is 0 Å². The van der Waals surface area contributed by atoms with Gasteiger partial charge in [-0.05, 0) is 73.6 Å². The largest absolute Gasteiger partial charge is 0.256 e. The SMILES string of the molecule is c1ccc2c(-c3cc(-c4cccc5ccccc45)c4nc(-c5ccc(-c6cccc7cccnc67)cc5)nc(-c5ccc(-c6cccc7cccnc67)cc5)c4c3)cccc2c1. The summed E-state index contributed by atoms with van der Waals surface area (Å²) in [5.41, 5.74) is 14.5. The Morgan fingerprint density at radius 3 is 1.34 bits per heavy atom. The van der Waals surface area contributed by atoms with E-state index in [0.717, 1.165) is 88.5 Å². The number of pyridine rings is 2. The molecule has 0 aliphatic carbocycles. The summed E-state index contributed by atoms with van der Waals surface area (Å²) in [6, 6.07) is 73.2. The fourth-order valence-electron chi connectivity index (χ4n) is 9.16. The molecule has 3 aromatic heterocycles. The van der Waals surface area contributed by atoms with Crippen LogP contribution in [0.4, 0.5) is 0 Å². The molecule has 0 aliphatic rings. The predicted octanol–water partition coefficient (Wildman–Crippen LogP) is 15.0. The fraction of sp³-hybridized carbons (Fsp3) is 0. The Labute approximate surface area is 358 Å². The van der Waals surface area contributed by atoms with Gasteiger partial charge in [-0.25, -0.2) is 9.97 Å². The number of nitrogens with zero attached hydrogens (tertiary/aromatic N) is 4. The molecule has 0 unspecified atom stereocenters. The van der Waals surface area contributed by atoms with E-state index in [9.17, 15) is 0 Å². The van der Waals surface area contributed by atoms with E-state index in [-0.39, 0.29) is 0 Å². The number of fused-ring (bicyclic) bond motifs is 5. The first-order valence-electron chi connectivity index (χ1n) is 20.9. The molecule has 9 aromatic carbocycles. The summed E-state index contributed by atoms with van der Waals surface area (Å²) in [5.74, 6) is 0.664. The highest BCUT2D eigenvalue weighted by Crippen LogP contribution is 2.42. The molecule has 288 valence electrons. The monoisotopic (exact) mass is 788 g/mol. The Bertz CT molecular complexity index is 3670. The fourth-order valence-corrected chi connectivity index (χ4v) is 9.16. The van der Waals surface area contributed by atoms with Gasteiger partial charge in [-0.2, -0.15) is 0 Å². The normalized spacial score (nSPS) is 11.5. The van der Waals surface area contributed by atoms with Crippen LogP contribution in [0.5, 0.6) is 0 Å². The van der Waals surface area contributed by atoms with E-state index in [1.165, 1.54) is 27.1 Å². The van der Waals surface area contributed by atoms with Crippen LogP contribution < -0.4 is 0 Å². The topological polar surface area (TPSA) is 51.6 Å². The first kappa shape index (κ1) is 35.6. The van der Waals surface area contributed by atoms with Crippen molar-refractivity contribution in [3.05, 3.63) is 219 Å². The van der Waals surface area contributed by atoms with Crippen LogP contribution in [0, 0.1) is 0 Å². The highest BCUT2D eigenvalue weighted by atomic mass is 14.9. The van der Waals surface area contributed by atoms with Gasteiger partial charge in [-0.15, -0.1) is 0 Å². The van der Waals surface area contributed by atoms with Crippen molar-refractivity contribution in [1.29, 1.82) is 0 Å². The molecule has 4 nitrogen and oxygen atoms in total. The molecule has 0 fully saturated rings. The summed E-state index contributed by atoms with van der Waals surface area (Å²) in [5, 5.41) is 7.97. The zero-order chi connectivity index (χ0) is 41.0. The lowest BCUT2D eigenvalue weighted by Gasteiger charge is -2.17. The molecule has 0 amide bonds. The van der Waals surface area contributed by atoms with Gasteiger partial charge in [0.1, 0.15) is 0 Å². The molecule has 0 bridgehead atoms. The first-order valence-corrected chi connectivity index (χ1v) is 20.9. The average molecular weight is 789 g/mol. The number of para-hydroxylation sites is 2. The highest BCUT2D eigenvalue weighted by Gasteiger charge is 2.20. The van der Waals surface area contributed by atoms with E-state index in [1.807, 2.05) is 24.5 Å². The van der Waals surface area contributed by atoms with Crippen molar-refractivity contribution >= 4 is 54.3 Å². The minimum Gasteiger partial charge on any atom is -0.256 e. The zero-order valence-electron chi connectivity index (χ0n) is 33.6. The van der Waals surface area contributed by atoms with Crippen LogP contribution >= 0.6 is 0 Å². The quantitative estimate of drug-likeness (QED) is 0.168. The number of rotatable bonds is 6. The Morgan fingerprint density at radius 1 is 0.258 bits per heavy atom. The number of hydrogen-bond donors (Lipinski definition) is 0. The average Bonchev–Trinajstić information content (AvgIpc) is 3.35. The maximum absolute atomic E-state index is 5.53. The molecule has 0 saturated carbocycles. The third-order valence-electron chi connectivity index (χ3n) is 12.2. The van der Waals surface area contributed by atoms with Crippen molar-refractivity contribution in [2.45, 2.75) is 0 Å². The maximum atomic E-state index is 5.53. The first-order chi connectivity index (χ1) is 30.7. The van der Waals surface area contributed by atoms with Crippen LogP contribution in [0.25, 0.3) is 121 Å². The van der Waals surface area contributed by atoms with Crippen LogP contribution in [-0.2, 0) is 0 Å². The summed E-state index contributed by atoms with van der Waals surface area (Å²) < 4.78 is 0. The van der Waals surface area contributed by atoms with Gasteiger partial charge in [0.2, 0.25) is 0 Å². The number of hydrogen-bond acceptors (Lipinski definition) is 4. The summed E-state index contributed by atoms with van der Waals surface area (Å²) in [6.07, 6.45) is 3.72. The van der Waals surface area contributed by atoms with Crippen LogP contribution in [0.15, 0.2) is 219 Å². The molecular weight excluding hydrogens is 753 g/mol. The molecule has 0 aliphatic heterocycles. The molecule has 4 heteroatoms. The molecule has 0 spiro atoms. The predicted molar refractivity (Wildman–Crippen MR) is 258 cm³/mol. The molecule has 0 atom stereocenters. The third-order valence-corrected chi connectivity index (χ3v) is 12.2. The third kappa shape index (κ3) is 6.08. The molecular formula is C58H36N4. The summed E-state index contributed by atoms with van der Waals surface area (Å²) in [6.45, 7) is 0. The Hall–Kier alpha value is -8.34. The van der Waals surface area contributed by atoms with Gasteiger partial charge in [-0.1, -0.05) is 182 Å². The minimum atomic E-state index is 0.664. The zero-order valence-corrected chi connectivity index (χ0v) is 33.6. The van der Waals surface area contributed by atoms with E-state index >= 15 is 0 Å². The van der Waals surface area contributed by atoms with E-state index in [2.05, 4.69) is 194 Å². The maximum Gasteiger partial charge on any atom is 0.160 e. The van der Waals surface area contributed by atoms with Crippen molar-refractivity contribution in [2.75, 3.05) is 0 Å². The minimum absolute atomic E-state index is 0.664. The Morgan fingerprint density at radius 2 is 0.726 bits per heavy atom. The Kier molecular flexibility index (Phi) is 8.46. The standard InChI is InChI=1S/C58H36N4/c1-3-19-46-37(11-1)13-5-21-48(46)45-35-52(51-24-6-14-38-12-2-4-20-47(38)51)57-53(36-45)56(43-29-25-39(26-30-43)49-22-7-15-41-17-9-33-59-54(41)49)61-58(62-57)44-31-27-40(28-32-44)50-23-8-16-42-18-10-34-60-55(42)50/h1-36H. The van der Waals surface area contributed by atoms with Crippen molar-refractivity contribution in [3.63, 3.8) is 0 Å². The molecule has 3 heterocycles. The van der Waals surface area contributed by atoms with Gasteiger partial charge in [-0.3, -0.25) is 9.97 Å². The second-order valence-electron chi connectivity index (χ2n) is 15.8. The highest BCUT2D eigenvalue weighted by molar-refractivity contribution is 6.11. The summed E-state index contributed by atoms with van der Waals surface area (Å²) >= 11 is 0. The van der Waals surface area contributed by atoms with Gasteiger partial charge in [0.15, 0.2) is 5.82 Å². The van der Waals surface area contributed by atoms with Gasteiger partial charge in [0.05, 0.1) is 22.2 Å². The lowest BCUT2D eigenvalue weighted by Crippen LogP contribution is -1.98. The van der Waals surface area contributed by atoms with Gasteiger partial charge in [0.25, 0.3) is 0 Å². The Balaban J connectivity index is 1.11. The van der Waals surface area contributed by atoms with Gasteiger partial charge < -0.3 is 0 Å². The molecule has 0 N–H and O–H groups in total. The molecule has 0 saturated heterocycles. The molecule has 12 rings (SSSR count). The van der Waals surface area contributed by atoms with Crippen LogP contribution in [0.3, 0.4) is 0 Å². The van der Waals surface area contributed by atoms with Crippen molar-refractivity contribution in [3.8, 4) is 67.2 Å². The lowest BCUT2D eigenvalue weighted by atomic mass is 9.89. The smallest absolute Gasteiger partial charge is 0.160 e. The number of aromatic nitrogens is 4. The van der Waals surface area contributed by atoms with E-state index in [0.29, 0.717) is 5.82 Å². The van der Waals surface area contributed by atoms with Crippen molar-refractivity contribution in [1.82, 2.24) is 19.9 Å².